The molecule has 108 valence electrons. The summed E-state index contributed by atoms with van der Waals surface area (Å²) in [6.07, 6.45) is 3.51. The topological polar surface area (TPSA) is 59.5 Å². The standard InChI is InChI=1S/C14H17FN2O3/c1-2-20-14(19)11-5-3-4-8-17(11)13(18)10-6-7-12(15)16-9-10/h6-7,9,11H,2-5,8H2,1H3. The quantitative estimate of drug-likeness (QED) is 0.625. The fourth-order valence-electron chi connectivity index (χ4n) is 2.33. The molecule has 1 fully saturated rings. The Morgan fingerprint density at radius 2 is 2.25 bits per heavy atom. The molecular weight excluding hydrogens is 263 g/mol. The van der Waals surface area contributed by atoms with Crippen LogP contribution < -0.4 is 0 Å². The van der Waals surface area contributed by atoms with E-state index in [4.69, 9.17) is 4.74 Å². The Morgan fingerprint density at radius 1 is 1.45 bits per heavy atom. The highest BCUT2D eigenvalue weighted by Crippen LogP contribution is 2.20. The van der Waals surface area contributed by atoms with Crippen LogP contribution in [0.25, 0.3) is 0 Å². The second-order valence-electron chi connectivity index (χ2n) is 4.63. The van der Waals surface area contributed by atoms with Gasteiger partial charge in [0.2, 0.25) is 5.95 Å². The monoisotopic (exact) mass is 280 g/mol. The SMILES string of the molecule is CCOC(=O)C1CCCCN1C(=O)c1ccc(F)nc1. The minimum absolute atomic E-state index is 0.280. The van der Waals surface area contributed by atoms with Gasteiger partial charge < -0.3 is 9.64 Å². The Balaban J connectivity index is 2.16. The molecule has 0 aromatic carbocycles. The molecule has 1 unspecified atom stereocenters. The Hall–Kier alpha value is -1.98. The third-order valence-electron chi connectivity index (χ3n) is 3.30. The molecule has 0 saturated carbocycles. The first-order valence-corrected chi connectivity index (χ1v) is 6.72. The number of aromatic nitrogens is 1. The van der Waals surface area contributed by atoms with E-state index in [0.717, 1.165) is 18.9 Å². The van der Waals surface area contributed by atoms with Gasteiger partial charge in [-0.05, 0) is 38.3 Å². The number of likely N-dealkylation sites (tertiary alicyclic amines) is 1. The van der Waals surface area contributed by atoms with Crippen molar-refractivity contribution >= 4 is 11.9 Å². The van der Waals surface area contributed by atoms with Gasteiger partial charge in [-0.1, -0.05) is 0 Å². The van der Waals surface area contributed by atoms with Crippen molar-refractivity contribution in [1.29, 1.82) is 0 Å². The van der Waals surface area contributed by atoms with Crippen LogP contribution in [0.15, 0.2) is 18.3 Å². The highest BCUT2D eigenvalue weighted by molar-refractivity contribution is 5.96. The molecule has 1 atom stereocenters. The number of carbonyl (C=O) groups is 2. The highest BCUT2D eigenvalue weighted by Gasteiger charge is 2.33. The lowest BCUT2D eigenvalue weighted by atomic mass is 10.0. The first-order chi connectivity index (χ1) is 9.63. The van der Waals surface area contributed by atoms with Gasteiger partial charge in [-0.15, -0.1) is 0 Å². The number of rotatable bonds is 3. The molecule has 5 nitrogen and oxygen atoms in total. The van der Waals surface area contributed by atoms with Crippen molar-refractivity contribution in [3.63, 3.8) is 0 Å². The molecule has 1 aliphatic heterocycles. The fraction of sp³-hybridized carbons (Fsp3) is 0.500. The molecule has 1 amide bonds. The van der Waals surface area contributed by atoms with Gasteiger partial charge in [-0.2, -0.15) is 4.39 Å². The minimum atomic E-state index is -0.637. The van der Waals surface area contributed by atoms with Crippen LogP contribution in [-0.4, -0.2) is 41.0 Å². The number of amides is 1. The van der Waals surface area contributed by atoms with Crippen molar-refractivity contribution in [3.8, 4) is 0 Å². The maximum atomic E-state index is 12.8. The molecule has 1 aliphatic rings. The molecule has 0 aliphatic carbocycles. The number of hydrogen-bond donors (Lipinski definition) is 0. The summed E-state index contributed by atoms with van der Waals surface area (Å²) in [6, 6.07) is 1.96. The first-order valence-electron chi connectivity index (χ1n) is 6.72. The summed E-state index contributed by atoms with van der Waals surface area (Å²) in [7, 11) is 0. The number of piperidine rings is 1. The summed E-state index contributed by atoms with van der Waals surface area (Å²) in [4.78, 5) is 29.3. The minimum Gasteiger partial charge on any atom is -0.464 e. The number of hydrogen-bond acceptors (Lipinski definition) is 4. The van der Waals surface area contributed by atoms with Gasteiger partial charge in [0.15, 0.2) is 0 Å². The Kier molecular flexibility index (Phi) is 4.65. The number of ether oxygens (including phenoxy) is 1. The first kappa shape index (κ1) is 14.4. The average Bonchev–Trinajstić information content (AvgIpc) is 2.47. The summed E-state index contributed by atoms with van der Waals surface area (Å²) < 4.78 is 17.8. The smallest absolute Gasteiger partial charge is 0.328 e. The lowest BCUT2D eigenvalue weighted by Gasteiger charge is -2.33. The van der Waals surface area contributed by atoms with E-state index in [1.807, 2.05) is 0 Å². The normalized spacial score (nSPS) is 18.7. The average molecular weight is 280 g/mol. The second-order valence-corrected chi connectivity index (χ2v) is 4.63. The lowest BCUT2D eigenvalue weighted by molar-refractivity contribution is -0.149. The summed E-state index contributed by atoms with van der Waals surface area (Å²) in [5, 5.41) is 0. The number of esters is 1. The Morgan fingerprint density at radius 3 is 2.90 bits per heavy atom. The van der Waals surface area contributed by atoms with Gasteiger partial charge in [0.1, 0.15) is 6.04 Å². The van der Waals surface area contributed by atoms with Gasteiger partial charge in [0.05, 0.1) is 12.2 Å². The molecule has 0 radical (unpaired) electrons. The van der Waals surface area contributed by atoms with Crippen molar-refractivity contribution in [2.45, 2.75) is 32.2 Å². The fourth-order valence-corrected chi connectivity index (χ4v) is 2.33. The zero-order valence-electron chi connectivity index (χ0n) is 11.3. The molecule has 1 aromatic rings. The van der Waals surface area contributed by atoms with Crippen LogP contribution in [0.5, 0.6) is 0 Å². The maximum absolute atomic E-state index is 12.8. The van der Waals surface area contributed by atoms with Gasteiger partial charge in [-0.3, -0.25) is 4.79 Å². The zero-order chi connectivity index (χ0) is 14.5. The number of halogens is 1. The third-order valence-corrected chi connectivity index (χ3v) is 3.30. The number of nitrogens with zero attached hydrogens (tertiary/aromatic N) is 2. The molecule has 20 heavy (non-hydrogen) atoms. The van der Waals surface area contributed by atoms with Crippen LogP contribution in [0.1, 0.15) is 36.5 Å². The van der Waals surface area contributed by atoms with Gasteiger partial charge >= 0.3 is 5.97 Å². The van der Waals surface area contributed by atoms with E-state index in [0.29, 0.717) is 13.0 Å². The van der Waals surface area contributed by atoms with Crippen LogP contribution >= 0.6 is 0 Å². The largest absolute Gasteiger partial charge is 0.464 e. The molecule has 6 heteroatoms. The predicted molar refractivity (Wildman–Crippen MR) is 69.5 cm³/mol. The molecular formula is C14H17FN2O3. The summed E-state index contributed by atoms with van der Waals surface area (Å²) in [5.41, 5.74) is 0.280. The molecule has 0 N–H and O–H groups in total. The molecule has 2 rings (SSSR count). The van der Waals surface area contributed by atoms with Gasteiger partial charge in [0, 0.05) is 12.7 Å². The molecule has 0 bridgehead atoms. The van der Waals surface area contributed by atoms with E-state index in [1.165, 1.54) is 17.2 Å². The van der Waals surface area contributed by atoms with E-state index in [2.05, 4.69) is 4.98 Å². The summed E-state index contributed by atoms with van der Waals surface area (Å²) >= 11 is 0. The van der Waals surface area contributed by atoms with Crippen LogP contribution in [0.3, 0.4) is 0 Å². The Labute approximate surface area is 116 Å². The number of carbonyl (C=O) groups excluding carboxylic acids is 2. The Bertz CT molecular complexity index is 490. The van der Waals surface area contributed by atoms with Crippen LogP contribution in [-0.2, 0) is 9.53 Å². The molecule has 2 heterocycles. The van der Waals surface area contributed by atoms with Crippen molar-refractivity contribution < 1.29 is 18.7 Å². The lowest BCUT2D eigenvalue weighted by Crippen LogP contribution is -2.48. The van der Waals surface area contributed by atoms with Crippen molar-refractivity contribution in [2.75, 3.05) is 13.2 Å². The van der Waals surface area contributed by atoms with E-state index < -0.39 is 12.0 Å². The number of pyridine rings is 1. The molecule has 0 spiro atoms. The van der Waals surface area contributed by atoms with Crippen LogP contribution in [0.4, 0.5) is 4.39 Å². The zero-order valence-corrected chi connectivity index (χ0v) is 11.3. The van der Waals surface area contributed by atoms with Crippen LogP contribution in [0.2, 0.25) is 0 Å². The van der Waals surface area contributed by atoms with Crippen LogP contribution in [0, 0.1) is 5.95 Å². The van der Waals surface area contributed by atoms with E-state index in [-0.39, 0.29) is 24.0 Å². The predicted octanol–water partition coefficient (Wildman–Crippen LogP) is 1.78. The summed E-state index contributed by atoms with van der Waals surface area (Å²) in [5.74, 6) is -1.33. The van der Waals surface area contributed by atoms with E-state index >= 15 is 0 Å². The third kappa shape index (κ3) is 3.12. The van der Waals surface area contributed by atoms with Gasteiger partial charge in [-0.25, -0.2) is 9.78 Å². The van der Waals surface area contributed by atoms with E-state index in [1.54, 1.807) is 6.92 Å². The molecule has 1 saturated heterocycles. The van der Waals surface area contributed by atoms with Crippen molar-refractivity contribution in [1.82, 2.24) is 9.88 Å². The van der Waals surface area contributed by atoms with Crippen molar-refractivity contribution in [3.05, 3.63) is 29.8 Å². The summed E-state index contributed by atoms with van der Waals surface area (Å²) in [6.45, 7) is 2.52. The van der Waals surface area contributed by atoms with Crippen molar-refractivity contribution in [2.24, 2.45) is 0 Å². The van der Waals surface area contributed by atoms with Gasteiger partial charge in [0.25, 0.3) is 5.91 Å². The highest BCUT2D eigenvalue weighted by atomic mass is 19.1. The molecule has 1 aromatic heterocycles. The van der Waals surface area contributed by atoms with E-state index in [9.17, 15) is 14.0 Å². The second kappa shape index (κ2) is 6.45. The maximum Gasteiger partial charge on any atom is 0.328 e.